The Labute approximate surface area is 157 Å². The van der Waals surface area contributed by atoms with Crippen LogP contribution in [0.25, 0.3) is 0 Å². The van der Waals surface area contributed by atoms with Gasteiger partial charge in [-0.15, -0.1) is 0 Å². The lowest BCUT2D eigenvalue weighted by molar-refractivity contribution is -0.120. The monoisotopic (exact) mass is 375 g/mol. The first kappa shape index (κ1) is 19.9. The molecule has 4 N–H and O–H groups in total. The Kier molecular flexibility index (Phi) is 6.74. The lowest BCUT2D eigenvalue weighted by Crippen LogP contribution is -2.45. The lowest BCUT2D eigenvalue weighted by atomic mass is 9.92. The summed E-state index contributed by atoms with van der Waals surface area (Å²) in [5, 5.41) is 5.66. The Morgan fingerprint density at radius 3 is 2.50 bits per heavy atom. The standard InChI is InChI=1S/C19H22ClN3O3/c1-19(21,13-6-4-3-5-7-13)18(25)23-14-8-9-15(16(20)12-14)17(24)22-10-11-26-2/h3-9,12H,10-11,21H2,1-2H3,(H,22,24)(H,23,25). The summed E-state index contributed by atoms with van der Waals surface area (Å²) in [6.45, 7) is 2.43. The van der Waals surface area contributed by atoms with Crippen LogP contribution in [-0.2, 0) is 15.1 Å². The van der Waals surface area contributed by atoms with Gasteiger partial charge in [0.25, 0.3) is 5.91 Å². The Morgan fingerprint density at radius 1 is 1.19 bits per heavy atom. The zero-order valence-corrected chi connectivity index (χ0v) is 15.5. The Morgan fingerprint density at radius 2 is 1.88 bits per heavy atom. The zero-order chi connectivity index (χ0) is 19.2. The quantitative estimate of drug-likeness (QED) is 0.648. The predicted molar refractivity (Wildman–Crippen MR) is 102 cm³/mol. The van der Waals surface area contributed by atoms with Gasteiger partial charge in [-0.1, -0.05) is 41.9 Å². The van der Waals surface area contributed by atoms with Crippen LogP contribution < -0.4 is 16.4 Å². The Balaban J connectivity index is 2.09. The van der Waals surface area contributed by atoms with Crippen molar-refractivity contribution in [3.8, 4) is 0 Å². The number of halogens is 1. The van der Waals surface area contributed by atoms with Gasteiger partial charge in [-0.3, -0.25) is 9.59 Å². The number of rotatable bonds is 7. The summed E-state index contributed by atoms with van der Waals surface area (Å²) in [4.78, 5) is 24.6. The molecule has 0 aliphatic rings. The topological polar surface area (TPSA) is 93.5 Å². The van der Waals surface area contributed by atoms with E-state index in [1.54, 1.807) is 38.3 Å². The van der Waals surface area contributed by atoms with E-state index in [9.17, 15) is 9.59 Å². The molecule has 0 aliphatic heterocycles. The zero-order valence-electron chi connectivity index (χ0n) is 14.7. The maximum Gasteiger partial charge on any atom is 0.252 e. The van der Waals surface area contributed by atoms with E-state index in [4.69, 9.17) is 22.1 Å². The second kappa shape index (κ2) is 8.80. The summed E-state index contributed by atoms with van der Waals surface area (Å²) in [6.07, 6.45) is 0. The SMILES string of the molecule is COCCNC(=O)c1ccc(NC(=O)C(C)(N)c2ccccc2)cc1Cl. The lowest BCUT2D eigenvalue weighted by Gasteiger charge is -2.24. The number of carbonyl (C=O) groups excluding carboxylic acids is 2. The molecule has 0 saturated heterocycles. The fourth-order valence-electron chi connectivity index (χ4n) is 2.32. The summed E-state index contributed by atoms with van der Waals surface area (Å²) in [5.41, 5.74) is 6.46. The van der Waals surface area contributed by atoms with Gasteiger partial charge in [0.15, 0.2) is 0 Å². The highest BCUT2D eigenvalue weighted by Gasteiger charge is 2.30. The van der Waals surface area contributed by atoms with Gasteiger partial charge in [0.05, 0.1) is 17.2 Å². The number of carbonyl (C=O) groups is 2. The molecule has 7 heteroatoms. The fraction of sp³-hybridized carbons (Fsp3) is 0.263. The summed E-state index contributed by atoms with van der Waals surface area (Å²) in [6, 6.07) is 13.8. The molecule has 2 rings (SSSR count). The van der Waals surface area contributed by atoms with Gasteiger partial charge >= 0.3 is 0 Å². The average molecular weight is 376 g/mol. The summed E-state index contributed by atoms with van der Waals surface area (Å²) >= 11 is 6.18. The molecular formula is C19H22ClN3O3. The molecular weight excluding hydrogens is 354 g/mol. The normalized spacial score (nSPS) is 12.9. The molecule has 26 heavy (non-hydrogen) atoms. The molecule has 1 unspecified atom stereocenters. The van der Waals surface area contributed by atoms with E-state index >= 15 is 0 Å². The number of nitrogens with two attached hydrogens (primary N) is 1. The molecule has 0 spiro atoms. The highest BCUT2D eigenvalue weighted by molar-refractivity contribution is 6.34. The maximum atomic E-state index is 12.6. The van der Waals surface area contributed by atoms with Crippen molar-refractivity contribution in [2.24, 2.45) is 5.73 Å². The van der Waals surface area contributed by atoms with Gasteiger partial charge in [0.2, 0.25) is 5.91 Å². The minimum Gasteiger partial charge on any atom is -0.383 e. The molecule has 1 atom stereocenters. The maximum absolute atomic E-state index is 12.6. The van der Waals surface area contributed by atoms with E-state index < -0.39 is 5.54 Å². The van der Waals surface area contributed by atoms with Gasteiger partial charge in [-0.25, -0.2) is 0 Å². The van der Waals surface area contributed by atoms with E-state index in [0.29, 0.717) is 30.0 Å². The van der Waals surface area contributed by atoms with E-state index in [0.717, 1.165) is 0 Å². The first-order valence-corrected chi connectivity index (χ1v) is 8.46. The second-order valence-corrected chi connectivity index (χ2v) is 6.37. The van der Waals surface area contributed by atoms with Gasteiger partial charge in [0, 0.05) is 19.3 Å². The molecule has 0 radical (unpaired) electrons. The molecule has 2 aromatic carbocycles. The molecule has 6 nitrogen and oxygen atoms in total. The van der Waals surface area contributed by atoms with Crippen molar-refractivity contribution in [3.05, 3.63) is 64.7 Å². The Bertz CT molecular complexity index is 779. The van der Waals surface area contributed by atoms with Crippen LogP contribution in [-0.4, -0.2) is 32.1 Å². The van der Waals surface area contributed by atoms with Crippen molar-refractivity contribution in [1.82, 2.24) is 5.32 Å². The van der Waals surface area contributed by atoms with Gasteiger partial charge < -0.3 is 21.1 Å². The minimum absolute atomic E-state index is 0.233. The number of amides is 2. The van der Waals surface area contributed by atoms with Crippen LogP contribution in [0.3, 0.4) is 0 Å². The van der Waals surface area contributed by atoms with E-state index in [1.165, 1.54) is 6.07 Å². The molecule has 2 aromatic rings. The largest absolute Gasteiger partial charge is 0.383 e. The summed E-state index contributed by atoms with van der Waals surface area (Å²) < 4.78 is 4.88. The fourth-order valence-corrected chi connectivity index (χ4v) is 2.58. The van der Waals surface area contributed by atoms with Crippen molar-refractivity contribution in [2.75, 3.05) is 25.6 Å². The second-order valence-electron chi connectivity index (χ2n) is 5.97. The number of hydrogen-bond acceptors (Lipinski definition) is 4. The first-order chi connectivity index (χ1) is 12.4. The molecule has 138 valence electrons. The predicted octanol–water partition coefficient (Wildman–Crippen LogP) is 2.53. The number of hydrogen-bond donors (Lipinski definition) is 3. The van der Waals surface area contributed by atoms with Gasteiger partial charge in [0.1, 0.15) is 5.54 Å². The van der Waals surface area contributed by atoms with Crippen molar-refractivity contribution in [2.45, 2.75) is 12.5 Å². The van der Waals surface area contributed by atoms with Crippen molar-refractivity contribution in [3.63, 3.8) is 0 Å². The molecule has 0 bridgehead atoms. The van der Waals surface area contributed by atoms with Crippen LogP contribution in [0.1, 0.15) is 22.8 Å². The number of anilines is 1. The van der Waals surface area contributed by atoms with Crippen LogP contribution >= 0.6 is 11.6 Å². The smallest absolute Gasteiger partial charge is 0.252 e. The van der Waals surface area contributed by atoms with E-state index in [-0.39, 0.29) is 16.8 Å². The van der Waals surface area contributed by atoms with Crippen LogP contribution in [0.4, 0.5) is 5.69 Å². The minimum atomic E-state index is -1.20. The van der Waals surface area contributed by atoms with Crippen molar-refractivity contribution < 1.29 is 14.3 Å². The van der Waals surface area contributed by atoms with E-state index in [1.807, 2.05) is 18.2 Å². The number of ether oxygens (including phenoxy) is 1. The molecule has 0 fully saturated rings. The number of nitrogens with one attached hydrogen (secondary N) is 2. The molecule has 0 heterocycles. The molecule has 2 amide bonds. The summed E-state index contributed by atoms with van der Waals surface area (Å²) in [7, 11) is 1.55. The van der Waals surface area contributed by atoms with Crippen molar-refractivity contribution >= 4 is 29.1 Å². The Hall–Kier alpha value is -2.41. The van der Waals surface area contributed by atoms with Gasteiger partial charge in [-0.05, 0) is 30.7 Å². The van der Waals surface area contributed by atoms with Crippen LogP contribution in [0, 0.1) is 0 Å². The van der Waals surface area contributed by atoms with Gasteiger partial charge in [-0.2, -0.15) is 0 Å². The van der Waals surface area contributed by atoms with Crippen LogP contribution in [0.2, 0.25) is 5.02 Å². The van der Waals surface area contributed by atoms with Crippen LogP contribution in [0.15, 0.2) is 48.5 Å². The molecule has 0 saturated carbocycles. The molecule has 0 aliphatic carbocycles. The third-order valence-corrected chi connectivity index (χ3v) is 4.22. The number of methoxy groups -OCH3 is 1. The van der Waals surface area contributed by atoms with Crippen LogP contribution in [0.5, 0.6) is 0 Å². The summed E-state index contributed by atoms with van der Waals surface area (Å²) in [5.74, 6) is -0.685. The highest BCUT2D eigenvalue weighted by atomic mass is 35.5. The van der Waals surface area contributed by atoms with E-state index in [2.05, 4.69) is 10.6 Å². The van der Waals surface area contributed by atoms with Crippen molar-refractivity contribution in [1.29, 1.82) is 0 Å². The molecule has 0 aromatic heterocycles. The third-order valence-electron chi connectivity index (χ3n) is 3.91. The average Bonchev–Trinajstić information content (AvgIpc) is 2.62. The first-order valence-electron chi connectivity index (χ1n) is 8.09. The third kappa shape index (κ3) is 4.82. The highest BCUT2D eigenvalue weighted by Crippen LogP contribution is 2.24. The number of benzene rings is 2.